The zero-order chi connectivity index (χ0) is 13.5. The van der Waals surface area contributed by atoms with Gasteiger partial charge in [-0.15, -0.1) is 0 Å². The van der Waals surface area contributed by atoms with Gasteiger partial charge in [-0.2, -0.15) is 0 Å². The molecule has 1 aromatic rings. The van der Waals surface area contributed by atoms with Crippen molar-refractivity contribution in [3.8, 4) is 0 Å². The van der Waals surface area contributed by atoms with E-state index in [2.05, 4.69) is 35.1 Å². The molecule has 1 aliphatic heterocycles. The molecule has 0 bridgehead atoms. The van der Waals surface area contributed by atoms with Crippen molar-refractivity contribution in [2.24, 2.45) is 5.92 Å². The molecule has 2 rings (SSSR count). The highest BCUT2D eigenvalue weighted by Gasteiger charge is 2.22. The van der Waals surface area contributed by atoms with Gasteiger partial charge >= 0.3 is 0 Å². The molecular weight excluding hydrogens is 234 g/mol. The predicted octanol–water partition coefficient (Wildman–Crippen LogP) is 2.33. The number of nitrogens with one attached hydrogen (secondary N) is 1. The number of pyridine rings is 1. The molecule has 1 atom stereocenters. The van der Waals surface area contributed by atoms with Crippen molar-refractivity contribution in [2.45, 2.75) is 39.2 Å². The summed E-state index contributed by atoms with van der Waals surface area (Å²) in [7, 11) is 0. The fourth-order valence-corrected chi connectivity index (χ4v) is 2.93. The first-order valence-electron chi connectivity index (χ1n) is 7.64. The highest BCUT2D eigenvalue weighted by Crippen LogP contribution is 2.20. The molecule has 2 heterocycles. The fourth-order valence-electron chi connectivity index (χ4n) is 2.93. The summed E-state index contributed by atoms with van der Waals surface area (Å²) < 4.78 is 0. The van der Waals surface area contributed by atoms with Gasteiger partial charge in [0.1, 0.15) is 0 Å². The van der Waals surface area contributed by atoms with Crippen LogP contribution in [0.4, 0.5) is 0 Å². The third-order valence-corrected chi connectivity index (χ3v) is 4.39. The minimum absolute atomic E-state index is 0.635. The van der Waals surface area contributed by atoms with Crippen LogP contribution in [-0.2, 0) is 6.42 Å². The number of hydrogen-bond donors (Lipinski definition) is 1. The lowest BCUT2D eigenvalue weighted by Gasteiger charge is -2.34. The smallest absolute Gasteiger partial charge is 0.0300 e. The number of aromatic nitrogens is 1. The Kier molecular flexibility index (Phi) is 5.80. The minimum atomic E-state index is 0.635. The minimum Gasteiger partial charge on any atom is -0.314 e. The molecule has 1 fully saturated rings. The highest BCUT2D eigenvalue weighted by atomic mass is 15.1. The molecule has 0 aliphatic carbocycles. The third kappa shape index (κ3) is 4.59. The number of likely N-dealkylation sites (tertiary alicyclic amines) is 1. The molecule has 3 nitrogen and oxygen atoms in total. The van der Waals surface area contributed by atoms with Crippen LogP contribution in [-0.4, -0.2) is 42.1 Å². The maximum atomic E-state index is 4.16. The molecule has 106 valence electrons. The summed E-state index contributed by atoms with van der Waals surface area (Å²) in [4.78, 5) is 6.71. The van der Waals surface area contributed by atoms with Crippen LogP contribution in [0, 0.1) is 5.92 Å². The van der Waals surface area contributed by atoms with Crippen LogP contribution in [0.3, 0.4) is 0 Å². The van der Waals surface area contributed by atoms with E-state index in [1.54, 1.807) is 0 Å². The van der Waals surface area contributed by atoms with Crippen LogP contribution in [0.2, 0.25) is 0 Å². The molecule has 1 N–H and O–H groups in total. The molecule has 3 heteroatoms. The van der Waals surface area contributed by atoms with Gasteiger partial charge < -0.3 is 10.2 Å². The first-order chi connectivity index (χ1) is 9.29. The molecule has 0 aromatic carbocycles. The molecule has 1 aliphatic rings. The van der Waals surface area contributed by atoms with Crippen molar-refractivity contribution >= 4 is 0 Å². The summed E-state index contributed by atoms with van der Waals surface area (Å²) in [6.07, 6.45) is 7.56. The van der Waals surface area contributed by atoms with Gasteiger partial charge in [0.05, 0.1) is 0 Å². The van der Waals surface area contributed by atoms with Gasteiger partial charge in [0.15, 0.2) is 0 Å². The Labute approximate surface area is 117 Å². The molecule has 0 saturated carbocycles. The van der Waals surface area contributed by atoms with Gasteiger partial charge in [-0.3, -0.25) is 4.98 Å². The van der Waals surface area contributed by atoms with Crippen LogP contribution < -0.4 is 5.32 Å². The number of nitrogens with zero attached hydrogens (tertiary/aromatic N) is 2. The van der Waals surface area contributed by atoms with Crippen LogP contribution in [0.15, 0.2) is 24.5 Å². The van der Waals surface area contributed by atoms with E-state index in [0.29, 0.717) is 6.04 Å². The van der Waals surface area contributed by atoms with Crippen molar-refractivity contribution in [1.29, 1.82) is 0 Å². The molecule has 1 unspecified atom stereocenters. The molecule has 1 saturated heterocycles. The Morgan fingerprint density at radius 1 is 1.42 bits per heavy atom. The standard InChI is InChI=1S/C16H27N3/c1-3-19-11-7-16(8-12-19)14(2)18-10-6-15-5-4-9-17-13-15/h4-5,9,13-14,16,18H,3,6-8,10-12H2,1-2H3. The highest BCUT2D eigenvalue weighted by molar-refractivity contribution is 5.08. The molecule has 19 heavy (non-hydrogen) atoms. The predicted molar refractivity (Wildman–Crippen MR) is 80.2 cm³/mol. The number of rotatable bonds is 6. The molecule has 0 amide bonds. The zero-order valence-corrected chi connectivity index (χ0v) is 12.3. The summed E-state index contributed by atoms with van der Waals surface area (Å²) in [5, 5.41) is 3.69. The van der Waals surface area contributed by atoms with E-state index in [0.717, 1.165) is 18.9 Å². The maximum absolute atomic E-state index is 4.16. The van der Waals surface area contributed by atoms with Crippen molar-refractivity contribution < 1.29 is 0 Å². The SMILES string of the molecule is CCN1CCC(C(C)NCCc2cccnc2)CC1. The number of hydrogen-bond acceptors (Lipinski definition) is 3. The average Bonchev–Trinajstić information content (AvgIpc) is 2.48. The van der Waals surface area contributed by atoms with Crippen molar-refractivity contribution in [2.75, 3.05) is 26.2 Å². The summed E-state index contributed by atoms with van der Waals surface area (Å²) >= 11 is 0. The Morgan fingerprint density at radius 3 is 2.84 bits per heavy atom. The van der Waals surface area contributed by atoms with Crippen LogP contribution in [0.25, 0.3) is 0 Å². The summed E-state index contributed by atoms with van der Waals surface area (Å²) in [5.41, 5.74) is 1.32. The van der Waals surface area contributed by atoms with E-state index >= 15 is 0 Å². The van der Waals surface area contributed by atoms with E-state index in [-0.39, 0.29) is 0 Å². The van der Waals surface area contributed by atoms with Crippen molar-refractivity contribution in [1.82, 2.24) is 15.2 Å². The molecule has 0 radical (unpaired) electrons. The molecule has 0 spiro atoms. The van der Waals surface area contributed by atoms with Crippen molar-refractivity contribution in [3.05, 3.63) is 30.1 Å². The second kappa shape index (κ2) is 7.61. The Morgan fingerprint density at radius 2 is 2.21 bits per heavy atom. The van der Waals surface area contributed by atoms with E-state index in [9.17, 15) is 0 Å². The van der Waals surface area contributed by atoms with Crippen LogP contribution in [0.1, 0.15) is 32.3 Å². The monoisotopic (exact) mass is 261 g/mol. The number of piperidine rings is 1. The van der Waals surface area contributed by atoms with E-state index in [1.807, 2.05) is 18.5 Å². The zero-order valence-electron chi connectivity index (χ0n) is 12.3. The third-order valence-electron chi connectivity index (χ3n) is 4.39. The molecular formula is C16H27N3. The summed E-state index contributed by atoms with van der Waals surface area (Å²) in [6.45, 7) is 9.41. The average molecular weight is 261 g/mol. The lowest BCUT2D eigenvalue weighted by molar-refractivity contribution is 0.169. The van der Waals surface area contributed by atoms with Gasteiger partial charge in [-0.25, -0.2) is 0 Å². The normalized spacial score (nSPS) is 19.5. The van der Waals surface area contributed by atoms with E-state index < -0.39 is 0 Å². The first-order valence-corrected chi connectivity index (χ1v) is 7.64. The second-order valence-electron chi connectivity index (χ2n) is 5.63. The van der Waals surface area contributed by atoms with Crippen LogP contribution in [0.5, 0.6) is 0 Å². The topological polar surface area (TPSA) is 28.2 Å². The summed E-state index contributed by atoms with van der Waals surface area (Å²) in [6, 6.07) is 4.80. The quantitative estimate of drug-likeness (QED) is 0.852. The van der Waals surface area contributed by atoms with Crippen LogP contribution >= 0.6 is 0 Å². The summed E-state index contributed by atoms with van der Waals surface area (Å²) in [5.74, 6) is 0.844. The maximum Gasteiger partial charge on any atom is 0.0300 e. The van der Waals surface area contributed by atoms with Gasteiger partial charge in [-0.05, 0) is 69.9 Å². The Bertz CT molecular complexity index is 344. The molecule has 1 aromatic heterocycles. The van der Waals surface area contributed by atoms with Gasteiger partial charge in [0.2, 0.25) is 0 Å². The van der Waals surface area contributed by atoms with Crippen molar-refractivity contribution in [3.63, 3.8) is 0 Å². The largest absolute Gasteiger partial charge is 0.314 e. The lowest BCUT2D eigenvalue weighted by Crippen LogP contribution is -2.42. The Balaban J connectivity index is 1.66. The van der Waals surface area contributed by atoms with E-state index in [1.165, 1.54) is 38.0 Å². The lowest BCUT2D eigenvalue weighted by atomic mass is 9.90. The van der Waals surface area contributed by atoms with Gasteiger partial charge in [-0.1, -0.05) is 13.0 Å². The second-order valence-corrected chi connectivity index (χ2v) is 5.63. The van der Waals surface area contributed by atoms with Gasteiger partial charge in [0.25, 0.3) is 0 Å². The van der Waals surface area contributed by atoms with E-state index in [4.69, 9.17) is 0 Å². The fraction of sp³-hybridized carbons (Fsp3) is 0.688. The van der Waals surface area contributed by atoms with Gasteiger partial charge in [0, 0.05) is 18.4 Å². The first kappa shape index (κ1) is 14.5. The Hall–Kier alpha value is -0.930.